The molecule has 0 saturated heterocycles. The van der Waals surface area contributed by atoms with Crippen LogP contribution in [-0.2, 0) is 0 Å². The van der Waals surface area contributed by atoms with Crippen LogP contribution in [0.4, 0.5) is 5.69 Å². The Hall–Kier alpha value is -2.20. The molecule has 0 atom stereocenters. The fourth-order valence-corrected chi connectivity index (χ4v) is 2.83. The van der Waals surface area contributed by atoms with Gasteiger partial charge in [-0.05, 0) is 44.2 Å². The minimum Gasteiger partial charge on any atom is -0.322 e. The molecule has 1 N–H and O–H groups in total. The van der Waals surface area contributed by atoms with E-state index in [1.54, 1.807) is 11.3 Å². The second-order valence-corrected chi connectivity index (χ2v) is 5.97. The predicted molar refractivity (Wildman–Crippen MR) is 83.5 cm³/mol. The molecule has 0 aliphatic carbocycles. The Labute approximate surface area is 121 Å². The Morgan fingerprint density at radius 1 is 1.10 bits per heavy atom. The lowest BCUT2D eigenvalue weighted by Crippen LogP contribution is -2.11. The Morgan fingerprint density at radius 3 is 2.60 bits per heavy atom. The van der Waals surface area contributed by atoms with E-state index < -0.39 is 0 Å². The molecule has 0 unspecified atom stereocenters. The Bertz CT molecular complexity index is 775. The van der Waals surface area contributed by atoms with Gasteiger partial charge >= 0.3 is 0 Å². The molecular formula is C16H14N2OS. The summed E-state index contributed by atoms with van der Waals surface area (Å²) < 4.78 is 1.11. The topological polar surface area (TPSA) is 42.0 Å². The van der Waals surface area contributed by atoms with Crippen molar-refractivity contribution in [3.05, 3.63) is 58.6 Å². The van der Waals surface area contributed by atoms with E-state index in [2.05, 4.69) is 10.3 Å². The number of aromatic nitrogens is 1. The zero-order valence-electron chi connectivity index (χ0n) is 11.3. The summed E-state index contributed by atoms with van der Waals surface area (Å²) in [4.78, 5) is 16.6. The van der Waals surface area contributed by atoms with Crippen LogP contribution in [-0.4, -0.2) is 10.9 Å². The lowest BCUT2D eigenvalue weighted by molar-refractivity contribution is 0.102. The van der Waals surface area contributed by atoms with Gasteiger partial charge in [-0.15, -0.1) is 11.3 Å². The lowest BCUT2D eigenvalue weighted by atomic mass is 10.2. The van der Waals surface area contributed by atoms with Gasteiger partial charge in [0.15, 0.2) is 0 Å². The van der Waals surface area contributed by atoms with Crippen LogP contribution >= 0.6 is 11.3 Å². The molecule has 0 fully saturated rings. The number of hydrogen-bond acceptors (Lipinski definition) is 3. The number of benzene rings is 2. The van der Waals surface area contributed by atoms with Gasteiger partial charge in [-0.1, -0.05) is 17.7 Å². The van der Waals surface area contributed by atoms with E-state index in [9.17, 15) is 4.79 Å². The highest BCUT2D eigenvalue weighted by molar-refractivity contribution is 7.18. The SMILES string of the molecule is Cc1ccc(NC(=O)c2ccc3sc(C)nc3c2)cc1. The third-order valence-corrected chi connectivity index (χ3v) is 4.02. The quantitative estimate of drug-likeness (QED) is 0.766. The van der Waals surface area contributed by atoms with Crippen molar-refractivity contribution in [1.82, 2.24) is 4.98 Å². The molecule has 0 spiro atoms. The number of carbonyl (C=O) groups is 1. The third kappa shape index (κ3) is 2.56. The molecule has 100 valence electrons. The highest BCUT2D eigenvalue weighted by atomic mass is 32.1. The van der Waals surface area contributed by atoms with Crippen molar-refractivity contribution in [2.75, 3.05) is 5.32 Å². The molecule has 0 saturated carbocycles. The number of hydrogen-bond donors (Lipinski definition) is 1. The summed E-state index contributed by atoms with van der Waals surface area (Å²) in [5.41, 5.74) is 3.48. The van der Waals surface area contributed by atoms with Crippen LogP contribution in [0, 0.1) is 13.8 Å². The maximum Gasteiger partial charge on any atom is 0.255 e. The van der Waals surface area contributed by atoms with Crippen LogP contribution < -0.4 is 5.32 Å². The Kier molecular flexibility index (Phi) is 3.24. The zero-order valence-corrected chi connectivity index (χ0v) is 12.1. The second kappa shape index (κ2) is 5.06. The number of nitrogens with zero attached hydrogens (tertiary/aromatic N) is 1. The van der Waals surface area contributed by atoms with Gasteiger partial charge in [0.05, 0.1) is 15.2 Å². The molecule has 3 rings (SSSR count). The molecule has 0 aliphatic heterocycles. The molecule has 4 heteroatoms. The number of amides is 1. The highest BCUT2D eigenvalue weighted by Crippen LogP contribution is 2.22. The summed E-state index contributed by atoms with van der Waals surface area (Å²) >= 11 is 1.64. The first-order chi connectivity index (χ1) is 9.61. The van der Waals surface area contributed by atoms with Gasteiger partial charge in [0, 0.05) is 11.3 Å². The molecule has 2 aromatic carbocycles. The minimum absolute atomic E-state index is 0.110. The van der Waals surface area contributed by atoms with Crippen molar-refractivity contribution in [3.63, 3.8) is 0 Å². The number of aryl methyl sites for hydroxylation is 2. The van der Waals surface area contributed by atoms with Crippen LogP contribution in [0.15, 0.2) is 42.5 Å². The van der Waals surface area contributed by atoms with Crippen LogP contribution in [0.5, 0.6) is 0 Å². The monoisotopic (exact) mass is 282 g/mol. The number of carbonyl (C=O) groups excluding carboxylic acids is 1. The van der Waals surface area contributed by atoms with Gasteiger partial charge in [-0.2, -0.15) is 0 Å². The first-order valence-corrected chi connectivity index (χ1v) is 7.19. The number of thiazole rings is 1. The first-order valence-electron chi connectivity index (χ1n) is 6.37. The van der Waals surface area contributed by atoms with Crippen molar-refractivity contribution < 1.29 is 4.79 Å². The number of fused-ring (bicyclic) bond motifs is 1. The summed E-state index contributed by atoms with van der Waals surface area (Å²) in [5.74, 6) is -0.110. The summed E-state index contributed by atoms with van der Waals surface area (Å²) in [7, 11) is 0. The number of rotatable bonds is 2. The molecular weight excluding hydrogens is 268 g/mol. The van der Waals surface area contributed by atoms with Gasteiger partial charge in [-0.3, -0.25) is 4.79 Å². The maximum absolute atomic E-state index is 12.2. The fraction of sp³-hybridized carbons (Fsp3) is 0.125. The van der Waals surface area contributed by atoms with Crippen LogP contribution in [0.1, 0.15) is 20.9 Å². The Morgan fingerprint density at radius 2 is 1.85 bits per heavy atom. The van der Waals surface area contributed by atoms with Crippen molar-refractivity contribution in [3.8, 4) is 0 Å². The summed E-state index contributed by atoms with van der Waals surface area (Å²) in [6, 6.07) is 13.4. The van der Waals surface area contributed by atoms with Crippen molar-refractivity contribution in [2.45, 2.75) is 13.8 Å². The van der Waals surface area contributed by atoms with Crippen molar-refractivity contribution in [2.24, 2.45) is 0 Å². The van der Waals surface area contributed by atoms with Gasteiger partial charge in [0.25, 0.3) is 5.91 Å². The van der Waals surface area contributed by atoms with Crippen molar-refractivity contribution in [1.29, 1.82) is 0 Å². The molecule has 1 heterocycles. The normalized spacial score (nSPS) is 10.7. The van der Waals surface area contributed by atoms with E-state index in [-0.39, 0.29) is 5.91 Å². The molecule has 0 bridgehead atoms. The molecule has 0 radical (unpaired) electrons. The third-order valence-electron chi connectivity index (χ3n) is 3.07. The van der Waals surface area contributed by atoms with E-state index in [0.29, 0.717) is 5.56 Å². The summed E-state index contributed by atoms with van der Waals surface area (Å²) in [6.07, 6.45) is 0. The van der Waals surface area contributed by atoms with E-state index >= 15 is 0 Å². The molecule has 1 amide bonds. The average Bonchev–Trinajstić information content (AvgIpc) is 2.80. The lowest BCUT2D eigenvalue weighted by Gasteiger charge is -2.05. The van der Waals surface area contributed by atoms with Crippen LogP contribution in [0.2, 0.25) is 0 Å². The maximum atomic E-state index is 12.2. The first kappa shape index (κ1) is 12.8. The van der Waals surface area contributed by atoms with E-state index in [1.165, 1.54) is 5.56 Å². The van der Waals surface area contributed by atoms with Gasteiger partial charge in [-0.25, -0.2) is 4.98 Å². The van der Waals surface area contributed by atoms with Crippen molar-refractivity contribution >= 4 is 33.1 Å². The zero-order chi connectivity index (χ0) is 14.1. The Balaban J connectivity index is 1.86. The predicted octanol–water partition coefficient (Wildman–Crippen LogP) is 4.17. The van der Waals surface area contributed by atoms with Gasteiger partial charge in [0.1, 0.15) is 0 Å². The molecule has 3 nitrogen and oxygen atoms in total. The van der Waals surface area contributed by atoms with Crippen LogP contribution in [0.25, 0.3) is 10.2 Å². The van der Waals surface area contributed by atoms with Crippen LogP contribution in [0.3, 0.4) is 0 Å². The fourth-order valence-electron chi connectivity index (χ4n) is 2.02. The van der Waals surface area contributed by atoms with Gasteiger partial charge < -0.3 is 5.32 Å². The second-order valence-electron chi connectivity index (χ2n) is 4.74. The highest BCUT2D eigenvalue weighted by Gasteiger charge is 2.08. The number of nitrogens with one attached hydrogen (secondary N) is 1. The largest absolute Gasteiger partial charge is 0.322 e. The van der Waals surface area contributed by atoms with Gasteiger partial charge in [0.2, 0.25) is 0 Å². The van der Waals surface area contributed by atoms with E-state index in [0.717, 1.165) is 20.9 Å². The average molecular weight is 282 g/mol. The molecule has 0 aliphatic rings. The standard InChI is InChI=1S/C16H14N2OS/c1-10-3-6-13(7-4-10)18-16(19)12-5-8-15-14(9-12)17-11(2)20-15/h3-9H,1-2H3,(H,18,19). The van der Waals surface area contributed by atoms with E-state index in [4.69, 9.17) is 0 Å². The summed E-state index contributed by atoms with van der Waals surface area (Å²) in [6.45, 7) is 3.99. The number of anilines is 1. The molecule has 3 aromatic rings. The minimum atomic E-state index is -0.110. The smallest absolute Gasteiger partial charge is 0.255 e. The molecule has 1 aromatic heterocycles. The molecule has 20 heavy (non-hydrogen) atoms. The van der Waals surface area contributed by atoms with E-state index in [1.807, 2.05) is 56.3 Å². The summed E-state index contributed by atoms with van der Waals surface area (Å²) in [5, 5.41) is 3.90.